The molecular formula is C37H35F9N4O4. The zero-order valence-corrected chi connectivity index (χ0v) is 28.5. The largest absolute Gasteiger partial charge is 0.480 e. The van der Waals surface area contributed by atoms with Gasteiger partial charge in [-0.2, -0.15) is 39.5 Å². The monoisotopic (exact) mass is 770 g/mol. The highest BCUT2D eigenvalue weighted by atomic mass is 19.4. The van der Waals surface area contributed by atoms with Crippen LogP contribution in [0.4, 0.5) is 39.5 Å². The van der Waals surface area contributed by atoms with E-state index >= 15 is 0 Å². The molecule has 4 aromatic rings. The highest BCUT2D eigenvalue weighted by Crippen LogP contribution is 2.47. The van der Waals surface area contributed by atoms with E-state index in [-0.39, 0.29) is 19.7 Å². The number of carboxylic acid groups (broad SMARTS) is 1. The number of morpholine rings is 1. The summed E-state index contributed by atoms with van der Waals surface area (Å²) in [6.07, 6.45) is -17.0. The number of likely N-dealkylation sites (tertiary alicyclic amines) is 1. The lowest BCUT2D eigenvalue weighted by molar-refractivity contribution is -0.238. The number of hydrogen-bond acceptors (Lipinski definition) is 6. The molecule has 0 saturated carbocycles. The Morgan fingerprint density at radius 3 is 2.11 bits per heavy atom. The smallest absolute Gasteiger partial charge is 0.415 e. The van der Waals surface area contributed by atoms with E-state index in [0.29, 0.717) is 45.1 Å². The number of aliphatic carboxylic acids is 1. The van der Waals surface area contributed by atoms with Crippen molar-refractivity contribution in [1.82, 2.24) is 20.1 Å². The summed E-state index contributed by atoms with van der Waals surface area (Å²) in [4.78, 5) is 32.8. The summed E-state index contributed by atoms with van der Waals surface area (Å²) >= 11 is 0. The number of hydrogen-bond donors (Lipinski definition) is 2. The van der Waals surface area contributed by atoms with Crippen molar-refractivity contribution in [2.75, 3.05) is 39.3 Å². The van der Waals surface area contributed by atoms with Crippen molar-refractivity contribution in [1.29, 1.82) is 0 Å². The van der Waals surface area contributed by atoms with Crippen molar-refractivity contribution >= 4 is 33.4 Å². The number of halogens is 9. The average molecular weight is 771 g/mol. The lowest BCUT2D eigenvalue weighted by Crippen LogP contribution is -2.59. The van der Waals surface area contributed by atoms with Crippen LogP contribution in [0.15, 0.2) is 66.9 Å². The van der Waals surface area contributed by atoms with Crippen LogP contribution in [0.1, 0.15) is 24.0 Å². The molecule has 0 aliphatic carbocycles. The Labute approximate surface area is 302 Å². The van der Waals surface area contributed by atoms with Gasteiger partial charge < -0.3 is 15.2 Å². The van der Waals surface area contributed by atoms with Crippen LogP contribution in [-0.4, -0.2) is 102 Å². The topological polar surface area (TPSA) is 95.0 Å². The van der Waals surface area contributed by atoms with Gasteiger partial charge in [-0.25, -0.2) is 4.79 Å². The predicted octanol–water partition coefficient (Wildman–Crippen LogP) is 7.14. The van der Waals surface area contributed by atoms with Gasteiger partial charge in [0.25, 0.3) is 0 Å². The van der Waals surface area contributed by atoms with E-state index in [1.165, 1.54) is 0 Å². The molecule has 0 spiro atoms. The number of aromatic nitrogens is 1. The van der Waals surface area contributed by atoms with Gasteiger partial charge in [0.2, 0.25) is 5.91 Å². The molecule has 6 rings (SSSR count). The highest BCUT2D eigenvalue weighted by Gasteiger charge is 2.61. The fraction of sp³-hybridized carbons (Fsp3) is 0.432. The number of nitrogens with zero attached hydrogens (tertiary/aromatic N) is 3. The van der Waals surface area contributed by atoms with Crippen LogP contribution in [0, 0.1) is 5.41 Å². The van der Waals surface area contributed by atoms with E-state index in [1.54, 1.807) is 59.6 Å². The minimum Gasteiger partial charge on any atom is -0.480 e. The lowest BCUT2D eigenvalue weighted by Gasteiger charge is -2.42. The van der Waals surface area contributed by atoms with Crippen molar-refractivity contribution in [2.24, 2.45) is 5.41 Å². The molecule has 1 aromatic heterocycles. The third kappa shape index (κ3) is 8.27. The van der Waals surface area contributed by atoms with Crippen molar-refractivity contribution in [3.05, 3.63) is 78.0 Å². The number of benzene rings is 3. The summed E-state index contributed by atoms with van der Waals surface area (Å²) in [5, 5.41) is 14.7. The molecule has 3 heterocycles. The molecule has 1 unspecified atom stereocenters. The van der Waals surface area contributed by atoms with E-state index < -0.39 is 86.9 Å². The molecule has 2 N–H and O–H groups in total. The second kappa shape index (κ2) is 15.0. The number of alkyl halides is 9. The van der Waals surface area contributed by atoms with Crippen LogP contribution >= 0.6 is 0 Å². The van der Waals surface area contributed by atoms with Crippen LogP contribution in [0.3, 0.4) is 0 Å². The number of ether oxygens (including phenoxy) is 1. The Morgan fingerprint density at radius 1 is 0.833 bits per heavy atom. The maximum Gasteiger partial charge on any atom is 0.415 e. The van der Waals surface area contributed by atoms with Gasteiger partial charge in [-0.15, -0.1) is 0 Å². The first-order valence-electron chi connectivity index (χ1n) is 17.0. The van der Waals surface area contributed by atoms with Crippen LogP contribution in [0.2, 0.25) is 0 Å². The molecule has 54 heavy (non-hydrogen) atoms. The molecule has 2 atom stereocenters. The number of carbonyl (C=O) groups excluding carboxylic acids is 1. The normalized spacial score (nSPS) is 19.5. The molecule has 2 fully saturated rings. The number of carbonyl (C=O) groups is 2. The summed E-state index contributed by atoms with van der Waals surface area (Å²) < 4.78 is 127. The van der Waals surface area contributed by atoms with Gasteiger partial charge >= 0.3 is 24.5 Å². The fourth-order valence-corrected chi connectivity index (χ4v) is 7.34. The Hall–Kier alpha value is -4.48. The third-order valence-corrected chi connectivity index (χ3v) is 10.2. The number of piperidine rings is 1. The number of rotatable bonds is 9. The Kier molecular flexibility index (Phi) is 10.9. The maximum atomic E-state index is 14.4. The minimum atomic E-state index is -5.15. The summed E-state index contributed by atoms with van der Waals surface area (Å²) in [6, 6.07) is 15.6. The standard InChI is InChI=1S/C37H35F9N4O4/c38-35(39,40)21-49-13-11-34(12-14-49,37(44,45)46)33(53)48-29(32(51)52)17-22-5-3-9-26-24(22)8-4-10-28(26)31-27-7-2-1-6-25(27)23(18-47-31)19-50-15-16-54-30(20-50)36(41,42)43/h1-10,18,29-30H,11-17,19-21H2,(H,48,53)(H,51,52)/t29-,30?/m0/s1. The average Bonchev–Trinajstić information content (AvgIpc) is 3.10. The first kappa shape index (κ1) is 39.2. The fourth-order valence-electron chi connectivity index (χ4n) is 7.34. The van der Waals surface area contributed by atoms with Gasteiger partial charge in [-0.1, -0.05) is 60.7 Å². The third-order valence-electron chi connectivity index (χ3n) is 10.2. The molecule has 17 heteroatoms. The summed E-state index contributed by atoms with van der Waals surface area (Å²) in [5.41, 5.74) is -0.844. The lowest BCUT2D eigenvalue weighted by atomic mass is 9.76. The Balaban J connectivity index is 1.27. The van der Waals surface area contributed by atoms with Gasteiger partial charge in [-0.3, -0.25) is 19.6 Å². The minimum absolute atomic E-state index is 0.0777. The number of pyridine rings is 1. The number of nitrogens with one attached hydrogen (secondary N) is 1. The maximum absolute atomic E-state index is 14.4. The molecule has 0 radical (unpaired) electrons. The van der Waals surface area contributed by atoms with Crippen LogP contribution < -0.4 is 5.32 Å². The summed E-state index contributed by atoms with van der Waals surface area (Å²) in [7, 11) is 0. The number of amides is 1. The van der Waals surface area contributed by atoms with Crippen molar-refractivity contribution in [3.8, 4) is 11.3 Å². The quantitative estimate of drug-likeness (QED) is 0.175. The first-order chi connectivity index (χ1) is 25.4. The second-order valence-electron chi connectivity index (χ2n) is 13.7. The van der Waals surface area contributed by atoms with Crippen molar-refractivity contribution in [2.45, 2.75) is 56.5 Å². The van der Waals surface area contributed by atoms with E-state index in [0.717, 1.165) is 10.3 Å². The molecule has 2 aliphatic rings. The number of carboxylic acids is 1. The van der Waals surface area contributed by atoms with Crippen molar-refractivity contribution < 1.29 is 58.9 Å². The predicted molar refractivity (Wildman–Crippen MR) is 179 cm³/mol. The van der Waals surface area contributed by atoms with E-state index in [4.69, 9.17) is 9.72 Å². The Morgan fingerprint density at radius 2 is 1.46 bits per heavy atom. The molecular weight excluding hydrogens is 735 g/mol. The van der Waals surface area contributed by atoms with Gasteiger partial charge in [0.15, 0.2) is 6.10 Å². The molecule has 290 valence electrons. The molecule has 0 bridgehead atoms. The highest BCUT2D eigenvalue weighted by molar-refractivity contribution is 6.05. The zero-order valence-electron chi connectivity index (χ0n) is 28.5. The molecule has 1 amide bonds. The van der Waals surface area contributed by atoms with E-state index in [9.17, 15) is 54.2 Å². The zero-order chi connectivity index (χ0) is 39.1. The Bertz CT molecular complexity index is 2010. The molecule has 3 aromatic carbocycles. The van der Waals surface area contributed by atoms with Gasteiger partial charge in [0, 0.05) is 43.2 Å². The van der Waals surface area contributed by atoms with Crippen LogP contribution in [0.25, 0.3) is 32.8 Å². The SMILES string of the molecule is O=C(O)[C@H](Cc1cccc2c(-c3ncc(CN4CCOC(C(F)(F)F)C4)c4ccccc34)cccc12)NC(=O)C1(C(F)(F)F)CCN(CC(F)(F)F)CC1. The van der Waals surface area contributed by atoms with E-state index in [2.05, 4.69) is 0 Å². The van der Waals surface area contributed by atoms with Gasteiger partial charge in [-0.05, 0) is 53.2 Å². The van der Waals surface area contributed by atoms with E-state index in [1.807, 2.05) is 17.4 Å². The van der Waals surface area contributed by atoms with Crippen molar-refractivity contribution in [3.63, 3.8) is 0 Å². The van der Waals surface area contributed by atoms with Gasteiger partial charge in [0.1, 0.15) is 11.5 Å². The van der Waals surface area contributed by atoms with Gasteiger partial charge in [0.05, 0.1) is 18.8 Å². The number of fused-ring (bicyclic) bond motifs is 2. The van der Waals surface area contributed by atoms with Crippen LogP contribution in [-0.2, 0) is 27.3 Å². The second-order valence-corrected chi connectivity index (χ2v) is 13.7. The summed E-state index contributed by atoms with van der Waals surface area (Å²) in [6.45, 7) is -2.68. The molecule has 2 saturated heterocycles. The molecule has 8 nitrogen and oxygen atoms in total. The first-order valence-corrected chi connectivity index (χ1v) is 17.0. The van der Waals surface area contributed by atoms with Crippen LogP contribution in [0.5, 0.6) is 0 Å². The molecule has 2 aliphatic heterocycles. The summed E-state index contributed by atoms with van der Waals surface area (Å²) in [5.74, 6) is -3.22.